The Balaban J connectivity index is 1.63. The average molecular weight is 537 g/mol. The molecule has 0 saturated heterocycles. The van der Waals surface area contributed by atoms with E-state index in [1.807, 2.05) is 0 Å². The van der Waals surface area contributed by atoms with E-state index >= 15 is 0 Å². The number of nitrogens with one attached hydrogen (secondary N) is 3. The molecule has 0 saturated carbocycles. The molecule has 2 atom stereocenters. The predicted octanol–water partition coefficient (Wildman–Crippen LogP) is 3.12. The molecule has 36 heavy (non-hydrogen) atoms. The van der Waals surface area contributed by atoms with Gasteiger partial charge in [0.25, 0.3) is 5.91 Å². The summed E-state index contributed by atoms with van der Waals surface area (Å²) in [4.78, 5) is 40.8. The fourth-order valence-corrected chi connectivity index (χ4v) is 4.18. The van der Waals surface area contributed by atoms with Crippen molar-refractivity contribution in [2.24, 2.45) is 4.99 Å². The number of carbonyl (C=O) groups is 3. The Kier molecular flexibility index (Phi) is 9.51. The maximum atomic E-state index is 12.6. The molecule has 0 aromatic heterocycles. The van der Waals surface area contributed by atoms with Gasteiger partial charge in [0.15, 0.2) is 0 Å². The Bertz CT molecular complexity index is 1170. The number of phenolic OH excluding ortho intramolecular Hbond substituents is 1. The van der Waals surface area contributed by atoms with Crippen molar-refractivity contribution in [1.82, 2.24) is 10.6 Å². The zero-order valence-electron chi connectivity index (χ0n) is 19.1. The Morgan fingerprint density at radius 3 is 2.67 bits per heavy atom. The fourth-order valence-electron chi connectivity index (χ4n) is 3.67. The summed E-state index contributed by atoms with van der Waals surface area (Å²) >= 11 is 11.9. The van der Waals surface area contributed by atoms with E-state index < -0.39 is 48.6 Å². The monoisotopic (exact) mass is 536 g/mol. The van der Waals surface area contributed by atoms with Crippen molar-refractivity contribution in [2.75, 3.05) is 18.4 Å². The molecule has 6 N–H and O–H groups in total. The van der Waals surface area contributed by atoms with Crippen molar-refractivity contribution in [2.45, 2.75) is 37.8 Å². The summed E-state index contributed by atoms with van der Waals surface area (Å²) < 4.78 is 0. The van der Waals surface area contributed by atoms with Crippen LogP contribution < -0.4 is 16.0 Å². The predicted molar refractivity (Wildman–Crippen MR) is 136 cm³/mol. The number of hydrogen-bond acceptors (Lipinski definition) is 7. The first-order valence-electron chi connectivity index (χ1n) is 11.2. The van der Waals surface area contributed by atoms with E-state index in [1.54, 1.807) is 24.3 Å². The summed E-state index contributed by atoms with van der Waals surface area (Å²) in [6.45, 7) is 0.157. The molecule has 0 fully saturated rings. The molecule has 1 unspecified atom stereocenters. The van der Waals surface area contributed by atoms with Crippen LogP contribution in [0.3, 0.4) is 0 Å². The number of anilines is 1. The quantitative estimate of drug-likeness (QED) is 0.302. The summed E-state index contributed by atoms with van der Waals surface area (Å²) in [7, 11) is 0. The van der Waals surface area contributed by atoms with Gasteiger partial charge in [0, 0.05) is 28.4 Å². The van der Waals surface area contributed by atoms with E-state index in [2.05, 4.69) is 20.9 Å². The number of carboxylic acids is 1. The number of benzene rings is 2. The van der Waals surface area contributed by atoms with Gasteiger partial charge in [0.1, 0.15) is 17.7 Å². The minimum Gasteiger partial charge on any atom is -0.506 e. The molecule has 0 bridgehead atoms. The number of hydrogen-bond donors (Lipinski definition) is 6. The van der Waals surface area contributed by atoms with Crippen molar-refractivity contribution in [3.05, 3.63) is 57.6 Å². The molecule has 2 amide bonds. The maximum Gasteiger partial charge on any atom is 0.305 e. The van der Waals surface area contributed by atoms with Crippen LogP contribution in [-0.4, -0.2) is 58.1 Å². The summed E-state index contributed by atoms with van der Waals surface area (Å²) in [6.07, 6.45) is 1.11. The number of aliphatic carboxylic acids is 1. The lowest BCUT2D eigenvalue weighted by Gasteiger charge is -2.20. The van der Waals surface area contributed by atoms with Crippen molar-refractivity contribution in [3.63, 3.8) is 0 Å². The number of amidine groups is 1. The number of aromatic hydroxyl groups is 1. The van der Waals surface area contributed by atoms with Crippen molar-refractivity contribution in [1.29, 1.82) is 0 Å². The highest BCUT2D eigenvalue weighted by molar-refractivity contribution is 6.35. The number of halogens is 2. The molecule has 3 rings (SSSR count). The number of carbonyl (C=O) groups excluding carboxylic acids is 2. The highest BCUT2D eigenvalue weighted by Gasteiger charge is 2.23. The van der Waals surface area contributed by atoms with Gasteiger partial charge in [-0.25, -0.2) is 0 Å². The molecule has 2 aromatic rings. The number of phenols is 1. The lowest BCUT2D eigenvalue weighted by Crippen LogP contribution is -2.39. The largest absolute Gasteiger partial charge is 0.506 e. The summed E-state index contributed by atoms with van der Waals surface area (Å²) in [5, 5.41) is 37.7. The van der Waals surface area contributed by atoms with Crippen LogP contribution in [-0.2, 0) is 9.59 Å². The van der Waals surface area contributed by atoms with E-state index in [4.69, 9.17) is 23.2 Å². The Hall–Kier alpha value is -3.34. The van der Waals surface area contributed by atoms with E-state index in [9.17, 15) is 29.7 Å². The van der Waals surface area contributed by atoms with Crippen molar-refractivity contribution in [3.8, 4) is 5.75 Å². The second-order valence-electron chi connectivity index (χ2n) is 8.21. The number of aliphatic hydroxyl groups is 1. The number of aliphatic imine (C=N–C) groups is 1. The zero-order valence-corrected chi connectivity index (χ0v) is 20.6. The minimum atomic E-state index is -1.23. The summed E-state index contributed by atoms with van der Waals surface area (Å²) in [5.74, 6) is -2.41. The highest BCUT2D eigenvalue weighted by Crippen LogP contribution is 2.36. The van der Waals surface area contributed by atoms with Gasteiger partial charge in [-0.05, 0) is 49.6 Å². The van der Waals surface area contributed by atoms with Crippen molar-refractivity contribution >= 4 is 52.5 Å². The van der Waals surface area contributed by atoms with E-state index in [-0.39, 0.29) is 21.2 Å². The Morgan fingerprint density at radius 2 is 1.92 bits per heavy atom. The average Bonchev–Trinajstić information content (AvgIpc) is 3.03. The van der Waals surface area contributed by atoms with Crippen LogP contribution in [0.4, 0.5) is 5.69 Å². The number of rotatable bonds is 8. The molecular weight excluding hydrogens is 511 g/mol. The number of nitrogens with zero attached hydrogens (tertiary/aromatic N) is 1. The van der Waals surface area contributed by atoms with Crippen LogP contribution in [0.5, 0.6) is 5.75 Å². The first kappa shape index (κ1) is 27.3. The van der Waals surface area contributed by atoms with Crippen LogP contribution in [0, 0.1) is 0 Å². The lowest BCUT2D eigenvalue weighted by atomic mass is 10.0. The standard InChI is InChI=1S/C24H26Cl2N4O6/c25-14-9-16(22(35)17(26)10-14)18(11-21(33)34)30-20(32)12-28-24(36)13-4-3-5-15(8-13)29-23-19(31)6-1-2-7-27-23/h3-5,8-10,18-19,31,35H,1-2,6-7,11-12H2,(H,27,29)(H,28,36)(H,30,32)(H,33,34)/t18-,19?/m0/s1. The van der Waals surface area contributed by atoms with Gasteiger partial charge in [-0.3, -0.25) is 19.4 Å². The topological polar surface area (TPSA) is 160 Å². The second kappa shape index (κ2) is 12.6. The Labute approximate surface area is 217 Å². The fraction of sp³-hybridized carbons (Fsp3) is 0.333. The molecule has 192 valence electrons. The van der Waals surface area contributed by atoms with Crippen LogP contribution in [0.15, 0.2) is 41.4 Å². The third kappa shape index (κ3) is 7.58. The van der Waals surface area contributed by atoms with Crippen LogP contribution in [0.2, 0.25) is 10.0 Å². The van der Waals surface area contributed by atoms with Crippen LogP contribution in [0.25, 0.3) is 0 Å². The van der Waals surface area contributed by atoms with Gasteiger partial charge >= 0.3 is 5.97 Å². The van der Waals surface area contributed by atoms with Gasteiger partial charge in [0.05, 0.1) is 24.0 Å². The molecule has 2 aromatic carbocycles. The molecule has 0 radical (unpaired) electrons. The van der Waals surface area contributed by atoms with Gasteiger partial charge in [0.2, 0.25) is 5.91 Å². The highest BCUT2D eigenvalue weighted by atomic mass is 35.5. The second-order valence-corrected chi connectivity index (χ2v) is 9.05. The molecule has 12 heteroatoms. The van der Waals surface area contributed by atoms with E-state index in [0.717, 1.165) is 12.8 Å². The Morgan fingerprint density at radius 1 is 1.14 bits per heavy atom. The van der Waals surface area contributed by atoms with Gasteiger partial charge in [-0.1, -0.05) is 29.3 Å². The van der Waals surface area contributed by atoms with Crippen molar-refractivity contribution < 1.29 is 29.7 Å². The number of amides is 2. The molecule has 1 aliphatic heterocycles. The minimum absolute atomic E-state index is 0.0389. The maximum absolute atomic E-state index is 12.6. The molecule has 10 nitrogen and oxygen atoms in total. The third-order valence-electron chi connectivity index (χ3n) is 5.44. The smallest absolute Gasteiger partial charge is 0.305 e. The molecule has 0 spiro atoms. The van der Waals surface area contributed by atoms with Crippen LogP contribution >= 0.6 is 23.2 Å². The molecular formula is C24H26Cl2N4O6. The first-order chi connectivity index (χ1) is 17.1. The summed E-state index contributed by atoms with van der Waals surface area (Å²) in [5.41, 5.74) is 0.858. The zero-order chi connectivity index (χ0) is 26.2. The normalized spacial score (nSPS) is 16.3. The number of carboxylic acid groups (broad SMARTS) is 1. The third-order valence-corrected chi connectivity index (χ3v) is 5.94. The molecule has 1 aliphatic rings. The van der Waals surface area contributed by atoms with Crippen LogP contribution in [0.1, 0.15) is 47.6 Å². The van der Waals surface area contributed by atoms with E-state index in [1.165, 1.54) is 12.1 Å². The molecule has 1 heterocycles. The first-order valence-corrected chi connectivity index (χ1v) is 12.0. The van der Waals surface area contributed by atoms with E-state index in [0.29, 0.717) is 24.5 Å². The van der Waals surface area contributed by atoms with Gasteiger partial charge in [-0.2, -0.15) is 0 Å². The molecule has 0 aliphatic carbocycles. The van der Waals surface area contributed by atoms with Gasteiger partial charge < -0.3 is 31.3 Å². The van der Waals surface area contributed by atoms with Gasteiger partial charge in [-0.15, -0.1) is 0 Å². The summed E-state index contributed by atoms with van der Waals surface area (Å²) in [6, 6.07) is 7.95. The SMILES string of the molecule is O=C(O)C[C@H](NC(=O)CNC(=O)c1cccc(NC2=NCCCCC2O)c1)c1cc(Cl)cc(Cl)c1O. The lowest BCUT2D eigenvalue weighted by molar-refractivity contribution is -0.137. The number of aliphatic hydroxyl groups excluding tert-OH is 1.